The number of hydrogen-bond donors (Lipinski definition) is 1. The molecule has 0 fully saturated rings. The molecule has 2 aliphatic heterocycles. The maximum atomic E-state index is 13.0. The van der Waals surface area contributed by atoms with Crippen molar-refractivity contribution in [1.82, 2.24) is 0 Å². The second-order valence-electron chi connectivity index (χ2n) is 7.99. The van der Waals surface area contributed by atoms with Crippen LogP contribution in [-0.4, -0.2) is 31.8 Å². The third-order valence-electron chi connectivity index (χ3n) is 5.07. The van der Waals surface area contributed by atoms with E-state index in [1.165, 1.54) is 6.08 Å². The maximum Gasteiger partial charge on any atom is 0.248 e. The first kappa shape index (κ1) is 20.5. The third-order valence-corrected chi connectivity index (χ3v) is 5.07. The number of fused-ring (bicyclic) bond motifs is 2. The Balaban J connectivity index is 1.52. The van der Waals surface area contributed by atoms with Gasteiger partial charge in [0.2, 0.25) is 18.6 Å². The fourth-order valence-electron chi connectivity index (χ4n) is 3.41. The van der Waals surface area contributed by atoms with E-state index in [9.17, 15) is 9.59 Å². The largest absolute Gasteiger partial charge is 0.490 e. The number of amides is 2. The van der Waals surface area contributed by atoms with Crippen LogP contribution < -0.4 is 24.4 Å². The zero-order chi connectivity index (χ0) is 22.0. The number of anilines is 2. The molecule has 0 aliphatic carbocycles. The maximum absolute atomic E-state index is 13.0. The molecule has 2 amide bonds. The monoisotopic (exact) mass is 420 g/mol. The van der Waals surface area contributed by atoms with E-state index in [1.807, 2.05) is 26.0 Å². The normalized spacial score (nSPS) is 16.5. The van der Waals surface area contributed by atoms with Crippen LogP contribution in [0, 0.1) is 5.41 Å². The summed E-state index contributed by atoms with van der Waals surface area (Å²) in [6.45, 7) is 8.28. The Hall–Kier alpha value is -3.74. The second kappa shape index (κ2) is 8.18. The molecule has 7 heteroatoms. The van der Waals surface area contributed by atoms with Gasteiger partial charge in [0.15, 0.2) is 11.5 Å². The molecule has 0 aromatic heterocycles. The first-order valence-electron chi connectivity index (χ1n) is 9.96. The molecule has 0 atom stereocenters. The van der Waals surface area contributed by atoms with Crippen LogP contribution in [-0.2, 0) is 9.59 Å². The van der Waals surface area contributed by atoms with Crippen LogP contribution in [0.3, 0.4) is 0 Å². The zero-order valence-corrected chi connectivity index (χ0v) is 17.5. The first-order chi connectivity index (χ1) is 14.9. The van der Waals surface area contributed by atoms with Gasteiger partial charge in [-0.05, 0) is 55.8 Å². The van der Waals surface area contributed by atoms with Crippen molar-refractivity contribution in [2.45, 2.75) is 13.8 Å². The lowest BCUT2D eigenvalue weighted by Crippen LogP contribution is -2.42. The molecule has 0 saturated carbocycles. The van der Waals surface area contributed by atoms with Crippen molar-refractivity contribution in [3.05, 3.63) is 60.7 Å². The van der Waals surface area contributed by atoms with E-state index >= 15 is 0 Å². The first-order valence-corrected chi connectivity index (χ1v) is 9.96. The van der Waals surface area contributed by atoms with Gasteiger partial charge in [0.1, 0.15) is 12.4 Å². The molecular weight excluding hydrogens is 396 g/mol. The fourth-order valence-corrected chi connectivity index (χ4v) is 3.41. The van der Waals surface area contributed by atoms with E-state index in [0.717, 1.165) is 5.56 Å². The van der Waals surface area contributed by atoms with E-state index in [4.69, 9.17) is 14.2 Å². The summed E-state index contributed by atoms with van der Waals surface area (Å²) >= 11 is 0. The van der Waals surface area contributed by atoms with E-state index in [0.29, 0.717) is 35.2 Å². The molecule has 0 radical (unpaired) electrons. The van der Waals surface area contributed by atoms with Gasteiger partial charge in [-0.15, -0.1) is 6.58 Å². The smallest absolute Gasteiger partial charge is 0.248 e. The molecule has 0 saturated heterocycles. The highest BCUT2D eigenvalue weighted by atomic mass is 16.7. The molecule has 160 valence electrons. The summed E-state index contributed by atoms with van der Waals surface area (Å²) in [5.74, 6) is 1.58. The fraction of sp³-hybridized carbons (Fsp3) is 0.250. The molecular formula is C24H24N2O5. The molecule has 1 N–H and O–H groups in total. The zero-order valence-electron chi connectivity index (χ0n) is 17.5. The molecule has 0 spiro atoms. The van der Waals surface area contributed by atoms with Crippen LogP contribution in [0.1, 0.15) is 19.4 Å². The number of ether oxygens (including phenoxy) is 3. The van der Waals surface area contributed by atoms with Gasteiger partial charge in [-0.25, -0.2) is 0 Å². The minimum absolute atomic E-state index is 0.0580. The van der Waals surface area contributed by atoms with E-state index in [-0.39, 0.29) is 25.2 Å². The van der Waals surface area contributed by atoms with Gasteiger partial charge in [0.05, 0.1) is 11.1 Å². The van der Waals surface area contributed by atoms with Crippen molar-refractivity contribution in [2.75, 3.05) is 30.2 Å². The molecule has 7 nitrogen and oxygen atoms in total. The summed E-state index contributed by atoms with van der Waals surface area (Å²) in [6.07, 6.45) is 4.80. The SMILES string of the molecule is C=CCN1C(=O)C(C)(C)COc2ccc(NC(=O)/C=C/c3ccc4c(c3)OCO4)cc21. The Morgan fingerprint density at radius 3 is 2.71 bits per heavy atom. The molecule has 2 aliphatic rings. The predicted molar refractivity (Wildman–Crippen MR) is 118 cm³/mol. The van der Waals surface area contributed by atoms with Crippen molar-refractivity contribution in [3.8, 4) is 17.2 Å². The number of hydrogen-bond acceptors (Lipinski definition) is 5. The summed E-state index contributed by atoms with van der Waals surface area (Å²) in [5, 5.41) is 2.83. The summed E-state index contributed by atoms with van der Waals surface area (Å²) in [6, 6.07) is 10.7. The Morgan fingerprint density at radius 1 is 1.13 bits per heavy atom. The van der Waals surface area contributed by atoms with Crippen LogP contribution in [0.15, 0.2) is 55.1 Å². The highest BCUT2D eigenvalue weighted by Crippen LogP contribution is 2.38. The molecule has 4 rings (SSSR count). The number of benzene rings is 2. The number of nitrogens with one attached hydrogen (secondary N) is 1. The summed E-state index contributed by atoms with van der Waals surface area (Å²) < 4.78 is 16.5. The van der Waals surface area contributed by atoms with Gasteiger partial charge in [0.25, 0.3) is 0 Å². The van der Waals surface area contributed by atoms with Gasteiger partial charge in [-0.3, -0.25) is 9.59 Å². The van der Waals surface area contributed by atoms with Crippen molar-refractivity contribution in [3.63, 3.8) is 0 Å². The van der Waals surface area contributed by atoms with Crippen LogP contribution >= 0.6 is 0 Å². The predicted octanol–water partition coefficient (Wildman–Crippen LogP) is 4.00. The Morgan fingerprint density at radius 2 is 1.90 bits per heavy atom. The lowest BCUT2D eigenvalue weighted by molar-refractivity contribution is -0.127. The highest BCUT2D eigenvalue weighted by Gasteiger charge is 2.37. The Labute approximate surface area is 180 Å². The standard InChI is InChI=1S/C24H24N2O5/c1-4-11-26-18-13-17(7-9-19(18)29-14-24(2,3)23(26)28)25-22(27)10-6-16-5-8-20-21(12-16)31-15-30-20/h4-10,12-13H,1,11,14-15H2,2-3H3,(H,25,27)/b10-6+. The van der Waals surface area contributed by atoms with Gasteiger partial charge < -0.3 is 24.4 Å². The summed E-state index contributed by atoms with van der Waals surface area (Å²) in [5.41, 5.74) is 1.32. The highest BCUT2D eigenvalue weighted by molar-refractivity contribution is 6.04. The minimum Gasteiger partial charge on any atom is -0.490 e. The van der Waals surface area contributed by atoms with E-state index in [2.05, 4.69) is 11.9 Å². The van der Waals surface area contributed by atoms with Gasteiger partial charge in [0, 0.05) is 18.3 Å². The second-order valence-corrected chi connectivity index (χ2v) is 7.99. The van der Waals surface area contributed by atoms with Crippen LogP contribution in [0.5, 0.6) is 17.2 Å². The van der Waals surface area contributed by atoms with Crippen molar-refractivity contribution < 1.29 is 23.8 Å². The average Bonchev–Trinajstić information content (AvgIpc) is 3.19. The molecule has 31 heavy (non-hydrogen) atoms. The lowest BCUT2D eigenvalue weighted by Gasteiger charge is -2.27. The number of carbonyl (C=O) groups excluding carboxylic acids is 2. The number of nitrogens with zero attached hydrogens (tertiary/aromatic N) is 1. The molecule has 2 aromatic carbocycles. The number of carbonyl (C=O) groups is 2. The van der Waals surface area contributed by atoms with Crippen LogP contribution in [0.2, 0.25) is 0 Å². The van der Waals surface area contributed by atoms with Crippen molar-refractivity contribution in [2.24, 2.45) is 5.41 Å². The third kappa shape index (κ3) is 4.26. The molecule has 0 unspecified atom stereocenters. The summed E-state index contributed by atoms with van der Waals surface area (Å²) in [4.78, 5) is 27.1. The molecule has 2 aromatic rings. The molecule has 2 heterocycles. The topological polar surface area (TPSA) is 77.1 Å². The van der Waals surface area contributed by atoms with E-state index < -0.39 is 5.41 Å². The van der Waals surface area contributed by atoms with Crippen molar-refractivity contribution in [1.29, 1.82) is 0 Å². The van der Waals surface area contributed by atoms with Gasteiger partial charge in [-0.1, -0.05) is 12.1 Å². The Kier molecular flexibility index (Phi) is 5.42. The van der Waals surface area contributed by atoms with Gasteiger partial charge >= 0.3 is 0 Å². The van der Waals surface area contributed by atoms with Crippen LogP contribution in [0.25, 0.3) is 6.08 Å². The minimum atomic E-state index is -0.668. The van der Waals surface area contributed by atoms with Gasteiger partial charge in [-0.2, -0.15) is 0 Å². The lowest BCUT2D eigenvalue weighted by atomic mass is 9.93. The quantitative estimate of drug-likeness (QED) is 0.584. The summed E-state index contributed by atoms with van der Waals surface area (Å²) in [7, 11) is 0. The van der Waals surface area contributed by atoms with E-state index in [1.54, 1.807) is 41.3 Å². The average molecular weight is 420 g/mol. The van der Waals surface area contributed by atoms with Crippen LogP contribution in [0.4, 0.5) is 11.4 Å². The Bertz CT molecular complexity index is 1070. The van der Waals surface area contributed by atoms with Crippen molar-refractivity contribution >= 4 is 29.3 Å². The molecule has 0 bridgehead atoms. The number of rotatable bonds is 5.